The highest BCUT2D eigenvalue weighted by atomic mass is 35.5. The van der Waals surface area contributed by atoms with Gasteiger partial charge in [-0.3, -0.25) is 0 Å². The van der Waals surface area contributed by atoms with Crippen LogP contribution >= 0.6 is 11.6 Å². The van der Waals surface area contributed by atoms with Gasteiger partial charge in [0.15, 0.2) is 6.67 Å². The lowest BCUT2D eigenvalue weighted by Gasteiger charge is -2.24. The van der Waals surface area contributed by atoms with E-state index in [4.69, 9.17) is 11.6 Å². The topological polar surface area (TPSA) is 57.1 Å². The molecule has 2 aromatic rings. The van der Waals surface area contributed by atoms with Crippen LogP contribution in [0.25, 0.3) is 0 Å². The van der Waals surface area contributed by atoms with Gasteiger partial charge in [0.05, 0.1) is 11.4 Å². The first-order chi connectivity index (χ1) is 10.8. The highest BCUT2D eigenvalue weighted by Gasteiger charge is 2.19. The predicted molar refractivity (Wildman–Crippen MR) is 91.2 cm³/mol. The molecule has 0 spiro atoms. The van der Waals surface area contributed by atoms with E-state index in [1.807, 2.05) is 36.4 Å². The smallest absolute Gasteiger partial charge is 0.173 e. The summed E-state index contributed by atoms with van der Waals surface area (Å²) in [6, 6.07) is 15.8. The number of rotatable bonds is 3. The van der Waals surface area contributed by atoms with Crippen molar-refractivity contribution < 1.29 is 0 Å². The van der Waals surface area contributed by atoms with E-state index in [1.165, 1.54) is 0 Å². The summed E-state index contributed by atoms with van der Waals surface area (Å²) in [4.78, 5) is 16.7. The third-order valence-electron chi connectivity index (χ3n) is 3.49. The number of halogens is 1. The van der Waals surface area contributed by atoms with Crippen LogP contribution in [-0.4, -0.2) is 19.0 Å². The molecular weight excluding hydrogens is 300 g/mol. The van der Waals surface area contributed by atoms with E-state index < -0.39 is 0 Å². The molecule has 0 amide bonds. The van der Waals surface area contributed by atoms with Gasteiger partial charge >= 0.3 is 0 Å². The Morgan fingerprint density at radius 1 is 1.18 bits per heavy atom. The standard InChI is InChI=1S/C16H15ClN4O/c17-12-6-7-14-15(10-12)21(13-4-2-1-3-5-13)9-8-16(20-14)18-11-19-22/h1-7,10H,8-9,11H2,(H,18,20). The second-order valence-electron chi connectivity index (χ2n) is 4.90. The maximum atomic E-state index is 10.3. The minimum Gasteiger partial charge on any atom is -0.342 e. The van der Waals surface area contributed by atoms with Crippen LogP contribution in [-0.2, 0) is 0 Å². The molecule has 5 nitrogen and oxygen atoms in total. The second-order valence-corrected chi connectivity index (χ2v) is 5.34. The van der Waals surface area contributed by atoms with Crippen LogP contribution in [0, 0.1) is 4.91 Å². The van der Waals surface area contributed by atoms with E-state index in [2.05, 4.69) is 32.5 Å². The monoisotopic (exact) mass is 314 g/mol. The van der Waals surface area contributed by atoms with Crippen molar-refractivity contribution in [3.63, 3.8) is 0 Å². The fourth-order valence-electron chi connectivity index (χ4n) is 2.50. The lowest BCUT2D eigenvalue weighted by Crippen LogP contribution is -2.19. The lowest BCUT2D eigenvalue weighted by atomic mass is 10.2. The van der Waals surface area contributed by atoms with Crippen molar-refractivity contribution >= 4 is 34.5 Å². The zero-order valence-corrected chi connectivity index (χ0v) is 12.6. The molecule has 0 unspecified atom stereocenters. The average molecular weight is 315 g/mol. The number of fused-ring (bicyclic) bond motifs is 1. The summed E-state index contributed by atoms with van der Waals surface area (Å²) in [5.74, 6) is 0.751. The van der Waals surface area contributed by atoms with Crippen molar-refractivity contribution in [1.29, 1.82) is 0 Å². The molecule has 22 heavy (non-hydrogen) atoms. The van der Waals surface area contributed by atoms with Crippen molar-refractivity contribution in [2.75, 3.05) is 23.4 Å². The Kier molecular flexibility index (Phi) is 4.34. The Hall–Kier alpha value is -2.40. The summed E-state index contributed by atoms with van der Waals surface area (Å²) in [6.45, 7) is 0.665. The van der Waals surface area contributed by atoms with Gasteiger partial charge in [-0.05, 0) is 35.5 Å². The van der Waals surface area contributed by atoms with Crippen LogP contribution in [0.1, 0.15) is 6.42 Å². The van der Waals surface area contributed by atoms with Crippen LogP contribution in [0.3, 0.4) is 0 Å². The number of nitrogens with zero attached hydrogens (tertiary/aromatic N) is 3. The number of aliphatic imine (C=N–C) groups is 1. The Labute approximate surface area is 133 Å². The molecule has 0 radical (unpaired) electrons. The minimum absolute atomic E-state index is 0.0728. The number of amidine groups is 1. The van der Waals surface area contributed by atoms with Crippen molar-refractivity contribution in [3.8, 4) is 0 Å². The molecule has 0 bridgehead atoms. The Morgan fingerprint density at radius 3 is 2.77 bits per heavy atom. The number of hydrogen-bond acceptors (Lipinski definition) is 4. The van der Waals surface area contributed by atoms with Crippen LogP contribution < -0.4 is 10.2 Å². The first-order valence-electron chi connectivity index (χ1n) is 6.99. The lowest BCUT2D eigenvalue weighted by molar-refractivity contribution is 0.960. The van der Waals surface area contributed by atoms with Crippen molar-refractivity contribution in [1.82, 2.24) is 0 Å². The van der Waals surface area contributed by atoms with Crippen LogP contribution in [0.4, 0.5) is 17.1 Å². The molecule has 2 aromatic carbocycles. The molecule has 1 N–H and O–H groups in total. The molecule has 0 atom stereocenters. The summed E-state index contributed by atoms with van der Waals surface area (Å²) < 4.78 is 0. The second kappa shape index (κ2) is 6.58. The fourth-order valence-corrected chi connectivity index (χ4v) is 2.67. The molecule has 3 rings (SSSR count). The maximum Gasteiger partial charge on any atom is 0.173 e. The van der Waals surface area contributed by atoms with E-state index in [9.17, 15) is 4.91 Å². The molecule has 1 aliphatic rings. The Morgan fingerprint density at radius 2 is 2.00 bits per heavy atom. The number of hydrogen-bond donors (Lipinski definition) is 1. The molecule has 1 aliphatic heterocycles. The van der Waals surface area contributed by atoms with Gasteiger partial charge in [-0.25, -0.2) is 4.99 Å². The molecule has 0 fully saturated rings. The average Bonchev–Trinajstić information content (AvgIpc) is 2.73. The third-order valence-corrected chi connectivity index (χ3v) is 3.72. The number of nitroso groups, excluding NO2 is 1. The van der Waals surface area contributed by atoms with Gasteiger partial charge in [-0.2, -0.15) is 0 Å². The summed E-state index contributed by atoms with van der Waals surface area (Å²) >= 11 is 6.16. The molecule has 0 saturated carbocycles. The summed E-state index contributed by atoms with van der Waals surface area (Å²) in [5.41, 5.74) is 2.99. The molecule has 6 heteroatoms. The Bertz CT molecular complexity index is 703. The van der Waals surface area contributed by atoms with E-state index in [1.54, 1.807) is 0 Å². The zero-order valence-electron chi connectivity index (χ0n) is 11.9. The van der Waals surface area contributed by atoms with Gasteiger partial charge in [0, 0.05) is 23.7 Å². The zero-order chi connectivity index (χ0) is 15.4. The SMILES string of the molecule is O=NC/N=C1/CCN(c2ccccc2)c2cc(Cl)ccc2N1. The highest BCUT2D eigenvalue weighted by Crippen LogP contribution is 2.36. The van der Waals surface area contributed by atoms with Crippen molar-refractivity contribution in [2.24, 2.45) is 10.2 Å². The van der Waals surface area contributed by atoms with E-state index in [0.717, 1.165) is 29.4 Å². The minimum atomic E-state index is -0.0728. The molecule has 0 aromatic heterocycles. The van der Waals surface area contributed by atoms with E-state index >= 15 is 0 Å². The molecule has 1 heterocycles. The molecule has 112 valence electrons. The predicted octanol–water partition coefficient (Wildman–Crippen LogP) is 4.42. The highest BCUT2D eigenvalue weighted by molar-refractivity contribution is 6.31. The van der Waals surface area contributed by atoms with Crippen LogP contribution in [0.15, 0.2) is 58.7 Å². The normalized spacial score (nSPS) is 15.9. The third kappa shape index (κ3) is 3.09. The van der Waals surface area contributed by atoms with E-state index in [-0.39, 0.29) is 6.67 Å². The number of anilines is 3. The van der Waals surface area contributed by atoms with Gasteiger partial charge in [-0.1, -0.05) is 29.8 Å². The van der Waals surface area contributed by atoms with Gasteiger partial charge in [0.2, 0.25) is 0 Å². The molecular formula is C16H15ClN4O. The maximum absolute atomic E-state index is 10.3. The quantitative estimate of drug-likeness (QED) is 0.853. The number of para-hydroxylation sites is 1. The fraction of sp³-hybridized carbons (Fsp3) is 0.188. The van der Waals surface area contributed by atoms with Gasteiger partial charge in [0.1, 0.15) is 5.84 Å². The molecule has 0 aliphatic carbocycles. The van der Waals surface area contributed by atoms with Crippen LogP contribution in [0.2, 0.25) is 5.02 Å². The largest absolute Gasteiger partial charge is 0.342 e. The number of nitrogens with one attached hydrogen (secondary N) is 1. The summed E-state index contributed by atoms with van der Waals surface area (Å²) in [5, 5.41) is 6.74. The summed E-state index contributed by atoms with van der Waals surface area (Å²) in [6.07, 6.45) is 0.691. The van der Waals surface area contributed by atoms with Crippen molar-refractivity contribution in [2.45, 2.75) is 6.42 Å². The van der Waals surface area contributed by atoms with Gasteiger partial charge in [-0.15, -0.1) is 4.91 Å². The van der Waals surface area contributed by atoms with Crippen LogP contribution in [0.5, 0.6) is 0 Å². The first-order valence-corrected chi connectivity index (χ1v) is 7.37. The van der Waals surface area contributed by atoms with E-state index in [0.29, 0.717) is 11.4 Å². The summed E-state index contributed by atoms with van der Waals surface area (Å²) in [7, 11) is 0. The Balaban J connectivity index is 2.03. The van der Waals surface area contributed by atoms with Gasteiger partial charge in [0.25, 0.3) is 0 Å². The van der Waals surface area contributed by atoms with Crippen molar-refractivity contribution in [3.05, 3.63) is 58.5 Å². The first kappa shape index (κ1) is 14.5. The number of benzene rings is 2. The molecule has 0 saturated heterocycles. The van der Waals surface area contributed by atoms with Gasteiger partial charge < -0.3 is 10.2 Å².